The lowest BCUT2D eigenvalue weighted by molar-refractivity contribution is -0.127. The lowest BCUT2D eigenvalue weighted by Crippen LogP contribution is -2.46. The molecule has 1 saturated heterocycles. The van der Waals surface area contributed by atoms with Crippen molar-refractivity contribution in [1.29, 1.82) is 0 Å². The van der Waals surface area contributed by atoms with Crippen LogP contribution in [0.2, 0.25) is 0 Å². The van der Waals surface area contributed by atoms with Crippen LogP contribution in [-0.2, 0) is 20.9 Å². The van der Waals surface area contributed by atoms with Gasteiger partial charge in [0.25, 0.3) is 11.8 Å². The molecule has 13 nitrogen and oxygen atoms in total. The summed E-state index contributed by atoms with van der Waals surface area (Å²) in [6.07, 6.45) is 3.17. The molecule has 2 amide bonds. The highest BCUT2D eigenvalue weighted by Gasteiger charge is 2.36. The van der Waals surface area contributed by atoms with Crippen molar-refractivity contribution in [1.82, 2.24) is 25.5 Å². The number of ether oxygens (including phenoxy) is 3. The van der Waals surface area contributed by atoms with Gasteiger partial charge in [0.2, 0.25) is 5.82 Å². The van der Waals surface area contributed by atoms with Crippen LogP contribution in [0.25, 0.3) is 11.6 Å². The topological polar surface area (TPSA) is 147 Å². The number of anilines is 1. The lowest BCUT2D eigenvalue weighted by atomic mass is 10.1. The molecule has 0 saturated carbocycles. The van der Waals surface area contributed by atoms with E-state index in [9.17, 15) is 9.59 Å². The van der Waals surface area contributed by atoms with Gasteiger partial charge in [-0.2, -0.15) is 4.80 Å². The van der Waals surface area contributed by atoms with Gasteiger partial charge in [-0.25, -0.2) is 0 Å². The Morgan fingerprint density at radius 2 is 2.00 bits per heavy atom. The van der Waals surface area contributed by atoms with Gasteiger partial charge in [0.05, 0.1) is 12.4 Å². The van der Waals surface area contributed by atoms with Gasteiger partial charge in [0, 0.05) is 24.9 Å². The molecule has 0 unspecified atom stereocenters. The van der Waals surface area contributed by atoms with Crippen LogP contribution >= 0.6 is 0 Å². The van der Waals surface area contributed by atoms with E-state index in [4.69, 9.17) is 23.0 Å². The van der Waals surface area contributed by atoms with Crippen LogP contribution in [0, 0.1) is 6.92 Å². The minimum Gasteiger partial charge on any atom is -0.486 e. The standard InChI is InChI=1S/C27H28N6O7/c1-17-6-8-22(40-17)26-29-31-32(30-26)16-24(34)33(18-7-9-20-23(14-18)39-13-12-38-20)25(21-5-3-11-37-21)27(35)28-15-19-4-2-10-36-19/h3,5-9,11,14,19,25H,2,4,10,12-13,15-16H2,1H3,(H,28,35)/t19-,25-/m1/s1. The van der Waals surface area contributed by atoms with Crippen molar-refractivity contribution in [2.24, 2.45) is 0 Å². The number of nitrogens with one attached hydrogen (secondary N) is 1. The van der Waals surface area contributed by atoms with Gasteiger partial charge >= 0.3 is 0 Å². The molecule has 5 heterocycles. The lowest BCUT2D eigenvalue weighted by Gasteiger charge is -2.31. The molecule has 6 rings (SSSR count). The smallest absolute Gasteiger partial charge is 0.251 e. The van der Waals surface area contributed by atoms with Crippen LogP contribution in [0.5, 0.6) is 11.5 Å². The average Bonchev–Trinajstić information content (AvgIpc) is 3.78. The van der Waals surface area contributed by atoms with Crippen molar-refractivity contribution >= 4 is 17.5 Å². The van der Waals surface area contributed by atoms with E-state index in [1.54, 1.807) is 49.4 Å². The van der Waals surface area contributed by atoms with Crippen molar-refractivity contribution < 1.29 is 32.6 Å². The SMILES string of the molecule is Cc1ccc(-c2nnn(CC(=O)N(c3ccc4c(c3)OCCO4)[C@@H](C(=O)NC[C@H]3CCCO3)c3ccco3)n2)o1. The maximum absolute atomic E-state index is 14.0. The number of rotatable bonds is 9. The number of aromatic nitrogens is 4. The highest BCUT2D eigenvalue weighted by atomic mass is 16.6. The van der Waals surface area contributed by atoms with Gasteiger partial charge in [-0.3, -0.25) is 14.5 Å². The quantitative estimate of drug-likeness (QED) is 0.331. The minimum absolute atomic E-state index is 0.0809. The maximum atomic E-state index is 14.0. The first-order valence-electron chi connectivity index (χ1n) is 13.0. The third-order valence-corrected chi connectivity index (χ3v) is 6.61. The molecule has 0 bridgehead atoms. The molecule has 1 aromatic carbocycles. The monoisotopic (exact) mass is 548 g/mol. The van der Waals surface area contributed by atoms with Gasteiger partial charge in [0.1, 0.15) is 31.3 Å². The molecule has 0 radical (unpaired) electrons. The molecule has 0 spiro atoms. The summed E-state index contributed by atoms with van der Waals surface area (Å²) in [5, 5.41) is 15.3. The van der Waals surface area contributed by atoms with Crippen molar-refractivity contribution in [3.05, 3.63) is 60.2 Å². The largest absolute Gasteiger partial charge is 0.486 e. The summed E-state index contributed by atoms with van der Waals surface area (Å²) < 4.78 is 28.3. The summed E-state index contributed by atoms with van der Waals surface area (Å²) in [5.74, 6) is 1.77. The van der Waals surface area contributed by atoms with Gasteiger partial charge in [0.15, 0.2) is 23.3 Å². The van der Waals surface area contributed by atoms with Crippen LogP contribution in [0.3, 0.4) is 0 Å². The zero-order chi connectivity index (χ0) is 27.5. The maximum Gasteiger partial charge on any atom is 0.251 e. The van der Waals surface area contributed by atoms with Gasteiger partial charge < -0.3 is 28.4 Å². The van der Waals surface area contributed by atoms with Crippen molar-refractivity contribution in [2.75, 3.05) is 31.3 Å². The molecule has 1 fully saturated rings. The first-order chi connectivity index (χ1) is 19.5. The molecule has 2 aliphatic rings. The number of furan rings is 2. The minimum atomic E-state index is -1.14. The highest BCUT2D eigenvalue weighted by Crippen LogP contribution is 2.37. The second kappa shape index (κ2) is 11.2. The number of amides is 2. The predicted octanol–water partition coefficient (Wildman–Crippen LogP) is 2.68. The summed E-state index contributed by atoms with van der Waals surface area (Å²) in [5.41, 5.74) is 0.407. The second-order valence-electron chi connectivity index (χ2n) is 9.44. The summed E-state index contributed by atoms with van der Waals surface area (Å²) in [4.78, 5) is 30.2. The molecule has 2 atom stereocenters. The second-order valence-corrected chi connectivity index (χ2v) is 9.44. The molecular weight excluding hydrogens is 520 g/mol. The van der Waals surface area contributed by atoms with Crippen molar-refractivity contribution in [3.8, 4) is 23.1 Å². The number of tetrazole rings is 1. The Morgan fingerprint density at radius 1 is 1.12 bits per heavy atom. The Hall–Kier alpha value is -4.65. The van der Waals surface area contributed by atoms with E-state index in [0.29, 0.717) is 55.1 Å². The van der Waals surface area contributed by atoms with Crippen LogP contribution in [-0.4, -0.2) is 64.5 Å². The van der Waals surface area contributed by atoms with E-state index < -0.39 is 17.9 Å². The van der Waals surface area contributed by atoms with E-state index in [1.165, 1.54) is 11.2 Å². The van der Waals surface area contributed by atoms with Gasteiger partial charge in [-0.05, 0) is 61.4 Å². The molecule has 13 heteroatoms. The number of benzene rings is 1. The summed E-state index contributed by atoms with van der Waals surface area (Å²) in [6, 6.07) is 10.8. The number of nitrogens with zero attached hydrogens (tertiary/aromatic N) is 5. The molecule has 208 valence electrons. The highest BCUT2D eigenvalue weighted by molar-refractivity contribution is 6.01. The number of carbonyl (C=O) groups is 2. The summed E-state index contributed by atoms with van der Waals surface area (Å²) >= 11 is 0. The van der Waals surface area contributed by atoms with Crippen LogP contribution in [0.4, 0.5) is 5.69 Å². The number of aryl methyl sites for hydroxylation is 1. The third kappa shape index (κ3) is 5.41. The Bertz CT molecular complexity index is 1470. The van der Waals surface area contributed by atoms with Crippen molar-refractivity contribution in [2.45, 2.75) is 38.5 Å². The van der Waals surface area contributed by atoms with Gasteiger partial charge in [-0.15, -0.1) is 10.2 Å². The predicted molar refractivity (Wildman–Crippen MR) is 139 cm³/mol. The Morgan fingerprint density at radius 3 is 2.75 bits per heavy atom. The van der Waals surface area contributed by atoms with E-state index in [2.05, 4.69) is 20.7 Å². The summed E-state index contributed by atoms with van der Waals surface area (Å²) in [7, 11) is 0. The Balaban J connectivity index is 1.33. The van der Waals surface area contributed by atoms with E-state index >= 15 is 0 Å². The summed E-state index contributed by atoms with van der Waals surface area (Å²) in [6.45, 7) is 3.26. The molecule has 3 aromatic heterocycles. The van der Waals surface area contributed by atoms with E-state index in [0.717, 1.165) is 17.6 Å². The third-order valence-electron chi connectivity index (χ3n) is 6.61. The molecule has 0 aliphatic carbocycles. The Labute approximate surface area is 229 Å². The molecular formula is C27H28N6O7. The molecule has 40 heavy (non-hydrogen) atoms. The van der Waals surface area contributed by atoms with Crippen LogP contribution in [0.15, 0.2) is 57.6 Å². The first-order valence-corrected chi connectivity index (χ1v) is 13.0. The van der Waals surface area contributed by atoms with Crippen LogP contribution in [0.1, 0.15) is 30.4 Å². The fraction of sp³-hybridized carbons (Fsp3) is 0.370. The number of hydrogen-bond donors (Lipinski definition) is 1. The molecule has 1 N–H and O–H groups in total. The number of carbonyl (C=O) groups excluding carboxylic acids is 2. The normalized spacial score (nSPS) is 17.0. The first kappa shape index (κ1) is 25.6. The zero-order valence-corrected chi connectivity index (χ0v) is 21.8. The Kier molecular flexibility index (Phi) is 7.19. The molecule has 4 aromatic rings. The number of hydrogen-bond acceptors (Lipinski definition) is 10. The van der Waals surface area contributed by atoms with Crippen molar-refractivity contribution in [3.63, 3.8) is 0 Å². The van der Waals surface area contributed by atoms with E-state index in [-0.39, 0.29) is 24.2 Å². The number of fused-ring (bicyclic) bond motifs is 1. The zero-order valence-electron chi connectivity index (χ0n) is 21.8. The molecule has 2 aliphatic heterocycles. The fourth-order valence-corrected chi connectivity index (χ4v) is 4.72. The van der Waals surface area contributed by atoms with Gasteiger partial charge in [-0.1, -0.05) is 0 Å². The average molecular weight is 549 g/mol. The van der Waals surface area contributed by atoms with E-state index in [1.807, 2.05) is 0 Å². The van der Waals surface area contributed by atoms with Crippen LogP contribution < -0.4 is 19.7 Å². The fourth-order valence-electron chi connectivity index (χ4n) is 4.72.